The maximum atomic E-state index is 13.8. The van der Waals surface area contributed by atoms with Crippen molar-refractivity contribution in [1.29, 1.82) is 5.26 Å². The second-order valence-corrected chi connectivity index (χ2v) is 3.70. The summed E-state index contributed by atoms with van der Waals surface area (Å²) < 4.78 is 40.1. The van der Waals surface area contributed by atoms with Gasteiger partial charge in [0.1, 0.15) is 5.69 Å². The highest BCUT2D eigenvalue weighted by Crippen LogP contribution is 2.25. The van der Waals surface area contributed by atoms with Crippen molar-refractivity contribution in [1.82, 2.24) is 4.98 Å². The Morgan fingerprint density at radius 3 is 2.56 bits per heavy atom. The molecule has 0 unspecified atom stereocenters. The van der Waals surface area contributed by atoms with E-state index in [0.29, 0.717) is 0 Å². The predicted molar refractivity (Wildman–Crippen MR) is 59.0 cm³/mol. The molecular formula is C13H7F3N2. The van der Waals surface area contributed by atoms with E-state index in [9.17, 15) is 13.2 Å². The van der Waals surface area contributed by atoms with Crippen LogP contribution in [0.15, 0.2) is 24.3 Å². The average Bonchev–Trinajstić information content (AvgIpc) is 2.40. The van der Waals surface area contributed by atoms with Crippen LogP contribution in [0.2, 0.25) is 0 Å². The highest BCUT2D eigenvalue weighted by atomic mass is 19.2. The Morgan fingerprint density at radius 2 is 1.89 bits per heavy atom. The fourth-order valence-corrected chi connectivity index (χ4v) is 1.55. The number of rotatable bonds is 1. The van der Waals surface area contributed by atoms with Crippen LogP contribution in [0.3, 0.4) is 0 Å². The molecule has 0 saturated heterocycles. The van der Waals surface area contributed by atoms with Crippen molar-refractivity contribution in [3.8, 4) is 17.3 Å². The first-order chi connectivity index (χ1) is 8.54. The fraction of sp³-hybridized carbons (Fsp3) is 0.0769. The van der Waals surface area contributed by atoms with Crippen LogP contribution in [-0.4, -0.2) is 4.98 Å². The summed E-state index contributed by atoms with van der Waals surface area (Å²) in [7, 11) is 0. The van der Waals surface area contributed by atoms with Crippen LogP contribution in [-0.2, 0) is 0 Å². The summed E-state index contributed by atoms with van der Waals surface area (Å²) in [5, 5.41) is 8.73. The second kappa shape index (κ2) is 4.49. The van der Waals surface area contributed by atoms with E-state index in [2.05, 4.69) is 4.98 Å². The second-order valence-electron chi connectivity index (χ2n) is 3.70. The summed E-state index contributed by atoms with van der Waals surface area (Å²) in [5.41, 5.74) is -0.215. The molecule has 0 atom stereocenters. The van der Waals surface area contributed by atoms with E-state index in [1.165, 1.54) is 24.3 Å². The van der Waals surface area contributed by atoms with Gasteiger partial charge >= 0.3 is 0 Å². The summed E-state index contributed by atoms with van der Waals surface area (Å²) in [6.45, 7) is 1.13. The van der Waals surface area contributed by atoms with Crippen LogP contribution in [0, 0.1) is 35.8 Å². The molecular weight excluding hydrogens is 241 g/mol. The van der Waals surface area contributed by atoms with Gasteiger partial charge in [-0.15, -0.1) is 0 Å². The van der Waals surface area contributed by atoms with Gasteiger partial charge in [-0.2, -0.15) is 9.65 Å². The van der Waals surface area contributed by atoms with Gasteiger partial charge in [0.05, 0.1) is 11.6 Å². The van der Waals surface area contributed by atoms with Crippen LogP contribution in [0.25, 0.3) is 11.3 Å². The molecule has 0 saturated carbocycles. The molecule has 0 amide bonds. The molecule has 0 fully saturated rings. The molecule has 2 nitrogen and oxygen atoms in total. The van der Waals surface area contributed by atoms with E-state index in [0.717, 1.165) is 6.92 Å². The monoisotopic (exact) mass is 248 g/mol. The molecule has 0 N–H and O–H groups in total. The van der Waals surface area contributed by atoms with Crippen molar-refractivity contribution in [3.05, 3.63) is 53.0 Å². The first-order valence-corrected chi connectivity index (χ1v) is 5.06. The number of benzene rings is 1. The minimum absolute atomic E-state index is 0.230. The number of hydrogen-bond donors (Lipinski definition) is 0. The number of pyridine rings is 1. The Hall–Kier alpha value is -2.35. The Kier molecular flexibility index (Phi) is 3.02. The molecule has 0 radical (unpaired) electrons. The Balaban J connectivity index is 2.68. The van der Waals surface area contributed by atoms with Crippen molar-refractivity contribution in [2.45, 2.75) is 6.92 Å². The molecule has 0 aliphatic carbocycles. The van der Waals surface area contributed by atoms with Crippen LogP contribution in [0.4, 0.5) is 13.2 Å². The van der Waals surface area contributed by atoms with Crippen LogP contribution < -0.4 is 0 Å². The Labute approximate surface area is 101 Å². The molecule has 1 heterocycles. The molecule has 2 aromatic rings. The van der Waals surface area contributed by atoms with Gasteiger partial charge in [-0.05, 0) is 19.1 Å². The van der Waals surface area contributed by atoms with Gasteiger partial charge in [0.2, 0.25) is 5.95 Å². The highest BCUT2D eigenvalue weighted by Gasteiger charge is 2.18. The molecule has 0 aliphatic rings. The van der Waals surface area contributed by atoms with Crippen LogP contribution in [0.5, 0.6) is 0 Å². The lowest BCUT2D eigenvalue weighted by atomic mass is 10.1. The largest absolute Gasteiger partial charge is 0.249 e. The minimum atomic E-state index is -1.36. The van der Waals surface area contributed by atoms with E-state index >= 15 is 0 Å². The van der Waals surface area contributed by atoms with Crippen molar-refractivity contribution in [2.75, 3.05) is 0 Å². The van der Waals surface area contributed by atoms with E-state index in [1.54, 1.807) is 0 Å². The molecule has 1 aromatic carbocycles. The van der Waals surface area contributed by atoms with Gasteiger partial charge in [0, 0.05) is 11.1 Å². The van der Waals surface area contributed by atoms with Gasteiger partial charge in [-0.25, -0.2) is 13.8 Å². The van der Waals surface area contributed by atoms with Crippen molar-refractivity contribution < 1.29 is 13.2 Å². The van der Waals surface area contributed by atoms with Crippen molar-refractivity contribution in [2.24, 2.45) is 0 Å². The van der Waals surface area contributed by atoms with Crippen molar-refractivity contribution >= 4 is 0 Å². The number of halogens is 3. The van der Waals surface area contributed by atoms with Gasteiger partial charge in [-0.1, -0.05) is 12.1 Å². The normalized spacial score (nSPS) is 10.2. The third kappa shape index (κ3) is 1.93. The maximum absolute atomic E-state index is 13.8. The molecule has 5 heteroatoms. The SMILES string of the molecule is Cc1c(F)c(F)nc(-c2cccc(C#N)c2)c1F. The van der Waals surface area contributed by atoms with E-state index < -0.39 is 23.1 Å². The summed E-state index contributed by atoms with van der Waals surface area (Å²) in [4.78, 5) is 3.25. The average molecular weight is 248 g/mol. The highest BCUT2D eigenvalue weighted by molar-refractivity contribution is 5.62. The van der Waals surface area contributed by atoms with Crippen LogP contribution >= 0.6 is 0 Å². The Bertz CT molecular complexity index is 660. The third-order valence-electron chi connectivity index (χ3n) is 2.52. The molecule has 90 valence electrons. The van der Waals surface area contributed by atoms with Gasteiger partial charge in [-0.3, -0.25) is 0 Å². The van der Waals surface area contributed by atoms with Crippen molar-refractivity contribution in [3.63, 3.8) is 0 Å². The topological polar surface area (TPSA) is 36.7 Å². The van der Waals surface area contributed by atoms with E-state index in [1.807, 2.05) is 6.07 Å². The molecule has 0 aliphatic heterocycles. The minimum Gasteiger partial charge on any atom is -0.214 e. The van der Waals surface area contributed by atoms with Gasteiger partial charge in [0.15, 0.2) is 11.6 Å². The summed E-state index contributed by atoms with van der Waals surface area (Å²) >= 11 is 0. The lowest BCUT2D eigenvalue weighted by Crippen LogP contribution is -2.02. The maximum Gasteiger partial charge on any atom is 0.249 e. The number of nitriles is 1. The smallest absolute Gasteiger partial charge is 0.214 e. The zero-order valence-corrected chi connectivity index (χ0v) is 9.34. The third-order valence-corrected chi connectivity index (χ3v) is 2.52. The standard InChI is InChI=1S/C13H7F3N2/c1-7-10(14)12(18-13(16)11(7)15)9-4-2-3-8(5-9)6-17/h2-5H,1H3. The molecule has 18 heavy (non-hydrogen) atoms. The molecule has 0 spiro atoms. The Morgan fingerprint density at radius 1 is 1.17 bits per heavy atom. The van der Waals surface area contributed by atoms with E-state index in [-0.39, 0.29) is 16.8 Å². The van der Waals surface area contributed by atoms with Gasteiger partial charge in [0.25, 0.3) is 0 Å². The summed E-state index contributed by atoms with van der Waals surface area (Å²) in [6, 6.07) is 7.76. The number of nitrogens with zero attached hydrogens (tertiary/aromatic N) is 2. The lowest BCUT2D eigenvalue weighted by Gasteiger charge is -2.07. The number of aromatic nitrogens is 1. The quantitative estimate of drug-likeness (QED) is 0.725. The molecule has 0 bridgehead atoms. The van der Waals surface area contributed by atoms with Crippen LogP contribution in [0.1, 0.15) is 11.1 Å². The zero-order chi connectivity index (χ0) is 13.3. The van der Waals surface area contributed by atoms with Gasteiger partial charge < -0.3 is 0 Å². The first kappa shape index (κ1) is 12.1. The lowest BCUT2D eigenvalue weighted by molar-refractivity contribution is 0.459. The fourth-order valence-electron chi connectivity index (χ4n) is 1.55. The summed E-state index contributed by atoms with van der Waals surface area (Å²) in [6.07, 6.45) is 0. The first-order valence-electron chi connectivity index (χ1n) is 5.06. The molecule has 1 aromatic heterocycles. The molecule has 2 rings (SSSR count). The number of hydrogen-bond acceptors (Lipinski definition) is 2. The predicted octanol–water partition coefficient (Wildman–Crippen LogP) is 3.35. The summed E-state index contributed by atoms with van der Waals surface area (Å²) in [5.74, 6) is -3.58. The van der Waals surface area contributed by atoms with E-state index in [4.69, 9.17) is 5.26 Å². The zero-order valence-electron chi connectivity index (χ0n) is 9.34.